The number of halogens is 4. The van der Waals surface area contributed by atoms with Gasteiger partial charge in [0.05, 0.1) is 6.04 Å². The molecule has 106 valence electrons. The molecule has 0 aliphatic rings. The van der Waals surface area contributed by atoms with Crippen LogP contribution < -0.4 is 11.3 Å². The van der Waals surface area contributed by atoms with Gasteiger partial charge in [0.1, 0.15) is 11.6 Å². The lowest BCUT2D eigenvalue weighted by Crippen LogP contribution is -2.30. The van der Waals surface area contributed by atoms with Crippen molar-refractivity contribution in [3.63, 3.8) is 0 Å². The number of benzene rings is 2. The van der Waals surface area contributed by atoms with E-state index in [-0.39, 0.29) is 12.0 Å². The third-order valence-electron chi connectivity index (χ3n) is 2.97. The molecule has 0 amide bonds. The Hall–Kier alpha value is -1.20. The summed E-state index contributed by atoms with van der Waals surface area (Å²) >= 11 is 11.7. The molecular formula is C14H12Cl2F2N2. The van der Waals surface area contributed by atoms with Gasteiger partial charge in [-0.3, -0.25) is 11.3 Å². The molecule has 0 radical (unpaired) electrons. The van der Waals surface area contributed by atoms with Crippen molar-refractivity contribution in [3.05, 3.63) is 69.2 Å². The van der Waals surface area contributed by atoms with E-state index >= 15 is 0 Å². The molecule has 0 saturated carbocycles. The Labute approximate surface area is 125 Å². The van der Waals surface area contributed by atoms with E-state index in [1.807, 2.05) is 0 Å². The van der Waals surface area contributed by atoms with Gasteiger partial charge in [-0.1, -0.05) is 23.2 Å². The Kier molecular flexibility index (Phi) is 4.94. The summed E-state index contributed by atoms with van der Waals surface area (Å²) < 4.78 is 27.5. The summed E-state index contributed by atoms with van der Waals surface area (Å²) in [5.74, 6) is 4.57. The van der Waals surface area contributed by atoms with Gasteiger partial charge in [0.25, 0.3) is 0 Å². The SMILES string of the molecule is NNC(Cc1cc(Cl)ccc1F)c1cc(Cl)ccc1F. The Balaban J connectivity index is 2.33. The van der Waals surface area contributed by atoms with E-state index in [1.54, 1.807) is 0 Å². The van der Waals surface area contributed by atoms with E-state index in [0.717, 1.165) is 0 Å². The lowest BCUT2D eigenvalue weighted by molar-refractivity contribution is 0.499. The molecule has 0 aliphatic heterocycles. The number of nitrogens with two attached hydrogens (primary N) is 1. The highest BCUT2D eigenvalue weighted by Gasteiger charge is 2.17. The van der Waals surface area contributed by atoms with Crippen molar-refractivity contribution in [2.24, 2.45) is 5.84 Å². The second kappa shape index (κ2) is 6.50. The summed E-state index contributed by atoms with van der Waals surface area (Å²) in [7, 11) is 0. The first kappa shape index (κ1) is 15.2. The number of rotatable bonds is 4. The zero-order valence-corrected chi connectivity index (χ0v) is 11.8. The van der Waals surface area contributed by atoms with Crippen molar-refractivity contribution in [1.82, 2.24) is 5.43 Å². The van der Waals surface area contributed by atoms with Gasteiger partial charge in [-0.15, -0.1) is 0 Å². The van der Waals surface area contributed by atoms with E-state index in [1.165, 1.54) is 36.4 Å². The van der Waals surface area contributed by atoms with E-state index in [4.69, 9.17) is 29.0 Å². The van der Waals surface area contributed by atoms with Gasteiger partial charge in [-0.2, -0.15) is 0 Å². The Morgan fingerprint density at radius 3 is 2.25 bits per heavy atom. The quantitative estimate of drug-likeness (QED) is 0.660. The molecule has 6 heteroatoms. The third kappa shape index (κ3) is 3.46. The van der Waals surface area contributed by atoms with Crippen LogP contribution in [0.3, 0.4) is 0 Å². The molecule has 0 spiro atoms. The van der Waals surface area contributed by atoms with Crippen LogP contribution in [0, 0.1) is 11.6 Å². The minimum atomic E-state index is -0.610. The molecule has 2 nitrogen and oxygen atoms in total. The average Bonchev–Trinajstić information content (AvgIpc) is 2.42. The highest BCUT2D eigenvalue weighted by molar-refractivity contribution is 6.30. The summed E-state index contributed by atoms with van der Waals surface area (Å²) in [6, 6.07) is 7.74. The van der Waals surface area contributed by atoms with E-state index in [2.05, 4.69) is 5.43 Å². The summed E-state index contributed by atoms with van der Waals surface area (Å²) in [6.07, 6.45) is 0.153. The topological polar surface area (TPSA) is 38.0 Å². The molecule has 0 fully saturated rings. The first-order valence-electron chi connectivity index (χ1n) is 5.86. The molecule has 0 bridgehead atoms. The Bertz CT molecular complexity index is 620. The molecule has 1 unspecified atom stereocenters. The van der Waals surface area contributed by atoms with Gasteiger partial charge in [-0.05, 0) is 48.4 Å². The summed E-state index contributed by atoms with van der Waals surface area (Å²) in [5.41, 5.74) is 3.10. The first-order valence-corrected chi connectivity index (χ1v) is 6.62. The minimum Gasteiger partial charge on any atom is -0.271 e. The highest BCUT2D eigenvalue weighted by atomic mass is 35.5. The second-order valence-electron chi connectivity index (χ2n) is 4.32. The van der Waals surface area contributed by atoms with Gasteiger partial charge in [0, 0.05) is 15.6 Å². The van der Waals surface area contributed by atoms with E-state index < -0.39 is 17.7 Å². The van der Waals surface area contributed by atoms with E-state index in [9.17, 15) is 8.78 Å². The zero-order chi connectivity index (χ0) is 14.7. The number of hydrogen-bond donors (Lipinski definition) is 2. The van der Waals surface area contributed by atoms with Crippen LogP contribution in [-0.4, -0.2) is 0 Å². The standard InChI is InChI=1S/C14H12Cl2F2N2/c15-9-1-3-12(17)8(5-9)6-14(20-19)11-7-10(16)2-4-13(11)18/h1-5,7,14,20H,6,19H2. The third-order valence-corrected chi connectivity index (χ3v) is 3.44. The van der Waals surface area contributed by atoms with Crippen molar-refractivity contribution in [3.8, 4) is 0 Å². The van der Waals surface area contributed by atoms with E-state index in [0.29, 0.717) is 15.6 Å². The molecule has 0 aromatic heterocycles. The molecule has 20 heavy (non-hydrogen) atoms. The van der Waals surface area contributed by atoms with Crippen molar-refractivity contribution in [2.75, 3.05) is 0 Å². The molecule has 2 aromatic carbocycles. The van der Waals surface area contributed by atoms with Gasteiger partial charge < -0.3 is 0 Å². The maximum Gasteiger partial charge on any atom is 0.128 e. The van der Waals surface area contributed by atoms with Crippen LogP contribution in [0.1, 0.15) is 17.2 Å². The minimum absolute atomic E-state index is 0.153. The highest BCUT2D eigenvalue weighted by Crippen LogP contribution is 2.26. The molecular weight excluding hydrogens is 305 g/mol. The molecule has 3 N–H and O–H groups in total. The molecule has 0 aliphatic carbocycles. The zero-order valence-electron chi connectivity index (χ0n) is 10.3. The van der Waals surface area contributed by atoms with Crippen LogP contribution in [0.4, 0.5) is 8.78 Å². The van der Waals surface area contributed by atoms with Gasteiger partial charge in [-0.25, -0.2) is 8.78 Å². The normalized spacial score (nSPS) is 12.4. The lowest BCUT2D eigenvalue weighted by Gasteiger charge is -2.18. The number of hydrazine groups is 1. The fourth-order valence-corrected chi connectivity index (χ4v) is 2.34. The lowest BCUT2D eigenvalue weighted by atomic mass is 9.98. The summed E-state index contributed by atoms with van der Waals surface area (Å²) in [6.45, 7) is 0. The van der Waals surface area contributed by atoms with Crippen LogP contribution in [0.25, 0.3) is 0 Å². The number of hydrogen-bond acceptors (Lipinski definition) is 2. The second-order valence-corrected chi connectivity index (χ2v) is 5.20. The van der Waals surface area contributed by atoms with Crippen LogP contribution in [-0.2, 0) is 6.42 Å². The Morgan fingerprint density at radius 2 is 1.60 bits per heavy atom. The molecule has 2 aromatic rings. The molecule has 2 rings (SSSR count). The Morgan fingerprint density at radius 1 is 1.00 bits per heavy atom. The smallest absolute Gasteiger partial charge is 0.128 e. The molecule has 0 heterocycles. The predicted octanol–water partition coefficient (Wildman–Crippen LogP) is 4.02. The monoisotopic (exact) mass is 316 g/mol. The van der Waals surface area contributed by atoms with Gasteiger partial charge >= 0.3 is 0 Å². The van der Waals surface area contributed by atoms with Crippen LogP contribution in [0.2, 0.25) is 10.0 Å². The van der Waals surface area contributed by atoms with Crippen molar-refractivity contribution >= 4 is 23.2 Å². The largest absolute Gasteiger partial charge is 0.271 e. The predicted molar refractivity (Wildman–Crippen MR) is 76.6 cm³/mol. The fourth-order valence-electron chi connectivity index (χ4n) is 1.96. The maximum atomic E-state index is 13.8. The van der Waals surface area contributed by atoms with Gasteiger partial charge in [0.15, 0.2) is 0 Å². The van der Waals surface area contributed by atoms with Crippen molar-refractivity contribution < 1.29 is 8.78 Å². The summed E-state index contributed by atoms with van der Waals surface area (Å²) in [5, 5.41) is 0.789. The maximum absolute atomic E-state index is 13.8. The van der Waals surface area contributed by atoms with Crippen molar-refractivity contribution in [1.29, 1.82) is 0 Å². The van der Waals surface area contributed by atoms with Crippen molar-refractivity contribution in [2.45, 2.75) is 12.5 Å². The average molecular weight is 317 g/mol. The summed E-state index contributed by atoms with van der Waals surface area (Å²) in [4.78, 5) is 0. The van der Waals surface area contributed by atoms with Crippen LogP contribution in [0.15, 0.2) is 36.4 Å². The van der Waals surface area contributed by atoms with Gasteiger partial charge in [0.2, 0.25) is 0 Å². The first-order chi connectivity index (χ1) is 9.51. The molecule has 1 atom stereocenters. The fraction of sp³-hybridized carbons (Fsp3) is 0.143. The molecule has 0 saturated heterocycles. The number of nitrogens with one attached hydrogen (secondary N) is 1. The van der Waals surface area contributed by atoms with Crippen LogP contribution in [0.5, 0.6) is 0 Å². The van der Waals surface area contributed by atoms with Crippen LogP contribution >= 0.6 is 23.2 Å².